The van der Waals surface area contributed by atoms with Crippen LogP contribution in [-0.4, -0.2) is 5.78 Å². The molecular weight excluding hydrogens is 136 g/mol. The zero-order chi connectivity index (χ0) is 8.27. The number of ketones is 1. The number of carbonyl (C=O) groups is 1. The van der Waals surface area contributed by atoms with Crippen LogP contribution in [0.5, 0.6) is 0 Å². The summed E-state index contributed by atoms with van der Waals surface area (Å²) in [6.45, 7) is 4.27. The van der Waals surface area contributed by atoms with Gasteiger partial charge in [0.2, 0.25) is 0 Å². The second-order valence-electron chi connectivity index (χ2n) is 3.27. The third-order valence-electron chi connectivity index (χ3n) is 2.54. The Kier molecular flexibility index (Phi) is 2.86. The molecule has 1 rings (SSSR count). The van der Waals surface area contributed by atoms with E-state index in [1.165, 1.54) is 6.42 Å². The van der Waals surface area contributed by atoms with Crippen LogP contribution in [0.1, 0.15) is 33.1 Å². The number of rotatable bonds is 2. The van der Waals surface area contributed by atoms with Gasteiger partial charge in [-0.3, -0.25) is 4.79 Å². The van der Waals surface area contributed by atoms with Crippen molar-refractivity contribution in [3.63, 3.8) is 0 Å². The van der Waals surface area contributed by atoms with Gasteiger partial charge in [-0.15, -0.1) is 0 Å². The number of hydrogen-bond donors (Lipinski definition) is 0. The largest absolute Gasteiger partial charge is 0.295 e. The van der Waals surface area contributed by atoms with Crippen molar-refractivity contribution in [1.29, 1.82) is 0 Å². The highest BCUT2D eigenvalue weighted by Gasteiger charge is 2.21. The Morgan fingerprint density at radius 3 is 2.73 bits per heavy atom. The van der Waals surface area contributed by atoms with Gasteiger partial charge in [0.25, 0.3) is 0 Å². The molecule has 0 saturated heterocycles. The van der Waals surface area contributed by atoms with E-state index in [-0.39, 0.29) is 0 Å². The molecule has 1 heteroatoms. The topological polar surface area (TPSA) is 17.1 Å². The van der Waals surface area contributed by atoms with E-state index in [9.17, 15) is 4.79 Å². The Labute approximate surface area is 68.5 Å². The molecule has 0 aromatic carbocycles. The molecule has 2 unspecified atom stereocenters. The van der Waals surface area contributed by atoms with Gasteiger partial charge in [0.15, 0.2) is 5.78 Å². The van der Waals surface area contributed by atoms with E-state index in [2.05, 4.69) is 19.9 Å². The second-order valence-corrected chi connectivity index (χ2v) is 3.27. The van der Waals surface area contributed by atoms with Crippen molar-refractivity contribution in [2.75, 3.05) is 0 Å². The Balaban J connectivity index is 2.59. The molecule has 0 spiro atoms. The van der Waals surface area contributed by atoms with Gasteiger partial charge in [0.1, 0.15) is 0 Å². The molecule has 1 aliphatic carbocycles. The Morgan fingerprint density at radius 2 is 2.18 bits per heavy atom. The van der Waals surface area contributed by atoms with Gasteiger partial charge in [0, 0.05) is 5.92 Å². The molecule has 1 nitrogen and oxygen atoms in total. The summed E-state index contributed by atoms with van der Waals surface area (Å²) in [6.07, 6.45) is 7.07. The third-order valence-corrected chi connectivity index (χ3v) is 2.54. The van der Waals surface area contributed by atoms with Gasteiger partial charge < -0.3 is 0 Å². The molecule has 0 amide bonds. The maximum atomic E-state index is 11.2. The van der Waals surface area contributed by atoms with E-state index in [0.29, 0.717) is 17.6 Å². The highest BCUT2D eigenvalue weighted by atomic mass is 16.1. The van der Waals surface area contributed by atoms with Crippen LogP contribution in [0.15, 0.2) is 12.2 Å². The summed E-state index contributed by atoms with van der Waals surface area (Å²) in [5.41, 5.74) is 0. The molecule has 1 aliphatic rings. The minimum atomic E-state index is 0.310. The summed E-state index contributed by atoms with van der Waals surface area (Å²) in [5.74, 6) is 1.29. The first kappa shape index (κ1) is 8.51. The van der Waals surface area contributed by atoms with Gasteiger partial charge in [0.05, 0.1) is 0 Å². The lowest BCUT2D eigenvalue weighted by Gasteiger charge is -2.21. The van der Waals surface area contributed by atoms with E-state index in [0.717, 1.165) is 12.8 Å². The molecule has 0 aromatic rings. The maximum absolute atomic E-state index is 11.2. The van der Waals surface area contributed by atoms with Crippen molar-refractivity contribution < 1.29 is 4.79 Å². The summed E-state index contributed by atoms with van der Waals surface area (Å²) >= 11 is 0. The first-order valence-corrected chi connectivity index (χ1v) is 4.50. The van der Waals surface area contributed by atoms with Crippen LogP contribution in [0.4, 0.5) is 0 Å². The normalized spacial score (nSPS) is 30.9. The monoisotopic (exact) mass is 152 g/mol. The van der Waals surface area contributed by atoms with Crippen LogP contribution >= 0.6 is 0 Å². The molecule has 62 valence electrons. The molecule has 0 radical (unpaired) electrons. The average molecular weight is 152 g/mol. The molecule has 11 heavy (non-hydrogen) atoms. The summed E-state index contributed by atoms with van der Waals surface area (Å²) in [7, 11) is 0. The summed E-state index contributed by atoms with van der Waals surface area (Å²) in [6, 6.07) is 0. The van der Waals surface area contributed by atoms with E-state index in [1.54, 1.807) is 6.08 Å². The SMILES string of the molecule is CCC1C=CC(=O)C(CC)C1. The van der Waals surface area contributed by atoms with Crippen LogP contribution in [0.2, 0.25) is 0 Å². The molecular formula is C10H16O. The number of allylic oxidation sites excluding steroid dienone is 2. The predicted molar refractivity (Wildman–Crippen MR) is 46.3 cm³/mol. The fourth-order valence-electron chi connectivity index (χ4n) is 1.60. The quantitative estimate of drug-likeness (QED) is 0.594. The highest BCUT2D eigenvalue weighted by molar-refractivity contribution is 5.92. The first-order valence-electron chi connectivity index (χ1n) is 4.50. The molecule has 0 saturated carbocycles. The average Bonchev–Trinajstić information content (AvgIpc) is 2.05. The van der Waals surface area contributed by atoms with E-state index >= 15 is 0 Å². The molecule has 0 heterocycles. The maximum Gasteiger partial charge on any atom is 0.158 e. The zero-order valence-electron chi connectivity index (χ0n) is 7.34. The predicted octanol–water partition coefficient (Wildman–Crippen LogP) is 2.57. The zero-order valence-corrected chi connectivity index (χ0v) is 7.34. The second kappa shape index (κ2) is 3.70. The van der Waals surface area contributed by atoms with E-state index in [1.807, 2.05) is 0 Å². The minimum absolute atomic E-state index is 0.310. The van der Waals surface area contributed by atoms with E-state index in [4.69, 9.17) is 0 Å². The lowest BCUT2D eigenvalue weighted by molar-refractivity contribution is -0.119. The van der Waals surface area contributed by atoms with Gasteiger partial charge in [-0.1, -0.05) is 19.9 Å². The number of hydrogen-bond acceptors (Lipinski definition) is 1. The lowest BCUT2D eigenvalue weighted by Crippen LogP contribution is -2.19. The standard InChI is InChI=1S/C10H16O/c1-3-8-5-6-10(11)9(4-2)7-8/h5-6,8-9H,3-4,7H2,1-2H3. The minimum Gasteiger partial charge on any atom is -0.295 e. The fourth-order valence-corrected chi connectivity index (χ4v) is 1.60. The lowest BCUT2D eigenvalue weighted by atomic mass is 9.83. The molecule has 0 N–H and O–H groups in total. The summed E-state index contributed by atoms with van der Waals surface area (Å²) in [5, 5.41) is 0. The van der Waals surface area contributed by atoms with Crippen LogP contribution in [-0.2, 0) is 4.79 Å². The molecule has 0 bridgehead atoms. The Morgan fingerprint density at radius 1 is 1.45 bits per heavy atom. The van der Waals surface area contributed by atoms with E-state index < -0.39 is 0 Å². The van der Waals surface area contributed by atoms with Gasteiger partial charge in [-0.2, -0.15) is 0 Å². The molecule has 2 atom stereocenters. The van der Waals surface area contributed by atoms with Crippen molar-refractivity contribution in [2.45, 2.75) is 33.1 Å². The third kappa shape index (κ3) is 1.92. The van der Waals surface area contributed by atoms with Gasteiger partial charge in [-0.05, 0) is 31.3 Å². The van der Waals surface area contributed by atoms with Crippen LogP contribution < -0.4 is 0 Å². The summed E-state index contributed by atoms with van der Waals surface area (Å²) < 4.78 is 0. The number of carbonyl (C=O) groups excluding carboxylic acids is 1. The van der Waals surface area contributed by atoms with Crippen molar-refractivity contribution in [1.82, 2.24) is 0 Å². The molecule has 0 aromatic heterocycles. The van der Waals surface area contributed by atoms with Crippen molar-refractivity contribution >= 4 is 5.78 Å². The van der Waals surface area contributed by atoms with Crippen molar-refractivity contribution in [2.24, 2.45) is 11.8 Å². The van der Waals surface area contributed by atoms with Crippen molar-refractivity contribution in [3.05, 3.63) is 12.2 Å². The summed E-state index contributed by atoms with van der Waals surface area (Å²) in [4.78, 5) is 11.2. The van der Waals surface area contributed by atoms with Crippen LogP contribution in [0.25, 0.3) is 0 Å². The highest BCUT2D eigenvalue weighted by Crippen LogP contribution is 2.25. The Hall–Kier alpha value is -0.590. The first-order chi connectivity index (χ1) is 5.27. The smallest absolute Gasteiger partial charge is 0.158 e. The fraction of sp³-hybridized carbons (Fsp3) is 0.700. The van der Waals surface area contributed by atoms with Crippen molar-refractivity contribution in [3.8, 4) is 0 Å². The van der Waals surface area contributed by atoms with Crippen LogP contribution in [0, 0.1) is 11.8 Å². The Bertz CT molecular complexity index is 170. The van der Waals surface area contributed by atoms with Crippen LogP contribution in [0.3, 0.4) is 0 Å². The molecule has 0 fully saturated rings. The van der Waals surface area contributed by atoms with Gasteiger partial charge in [-0.25, -0.2) is 0 Å². The molecule has 0 aliphatic heterocycles. The van der Waals surface area contributed by atoms with Gasteiger partial charge >= 0.3 is 0 Å².